The van der Waals surface area contributed by atoms with Crippen molar-refractivity contribution in [3.63, 3.8) is 0 Å². The van der Waals surface area contributed by atoms with E-state index in [0.717, 1.165) is 5.56 Å². The van der Waals surface area contributed by atoms with Crippen LogP contribution in [0.4, 0.5) is 4.39 Å². The van der Waals surface area contributed by atoms with Crippen LogP contribution < -0.4 is 11.1 Å². The molecule has 3 N–H and O–H groups in total. The van der Waals surface area contributed by atoms with Gasteiger partial charge in [-0.25, -0.2) is 4.39 Å². The van der Waals surface area contributed by atoms with Crippen molar-refractivity contribution in [2.45, 2.75) is 6.54 Å². The van der Waals surface area contributed by atoms with Gasteiger partial charge < -0.3 is 11.1 Å². The van der Waals surface area contributed by atoms with Crippen LogP contribution in [-0.4, -0.2) is 5.11 Å². The monoisotopic (exact) mass is 218 g/mol. The highest BCUT2D eigenvalue weighted by molar-refractivity contribution is 7.80. The highest BCUT2D eigenvalue weighted by atomic mass is 35.5. The summed E-state index contributed by atoms with van der Waals surface area (Å²) in [5, 5.41) is 3.28. The van der Waals surface area contributed by atoms with Gasteiger partial charge in [0.2, 0.25) is 0 Å². The van der Waals surface area contributed by atoms with Crippen molar-refractivity contribution in [2.75, 3.05) is 0 Å². The van der Waals surface area contributed by atoms with Gasteiger partial charge in [-0.2, -0.15) is 0 Å². The van der Waals surface area contributed by atoms with E-state index in [1.807, 2.05) is 0 Å². The van der Waals surface area contributed by atoms with Gasteiger partial charge in [0.05, 0.1) is 0 Å². The molecule has 13 heavy (non-hydrogen) atoms. The Morgan fingerprint density at radius 3 is 2.85 bits per heavy atom. The molecule has 2 nitrogen and oxygen atoms in total. The predicted molar refractivity (Wildman–Crippen MR) is 55.0 cm³/mol. The van der Waals surface area contributed by atoms with Crippen molar-refractivity contribution in [1.29, 1.82) is 0 Å². The second-order valence-electron chi connectivity index (χ2n) is 2.45. The molecule has 1 rings (SSSR count). The Kier molecular flexibility index (Phi) is 3.45. The van der Waals surface area contributed by atoms with E-state index >= 15 is 0 Å². The van der Waals surface area contributed by atoms with Gasteiger partial charge in [-0.1, -0.05) is 17.7 Å². The van der Waals surface area contributed by atoms with Crippen molar-refractivity contribution in [2.24, 2.45) is 5.73 Å². The van der Waals surface area contributed by atoms with Crippen molar-refractivity contribution >= 4 is 28.9 Å². The molecular weight excluding hydrogens is 211 g/mol. The maximum absolute atomic E-state index is 12.6. The maximum Gasteiger partial charge on any atom is 0.163 e. The minimum Gasteiger partial charge on any atom is -0.376 e. The lowest BCUT2D eigenvalue weighted by atomic mass is 10.2. The van der Waals surface area contributed by atoms with Crippen LogP contribution in [0.15, 0.2) is 18.2 Å². The zero-order valence-corrected chi connectivity index (χ0v) is 8.25. The van der Waals surface area contributed by atoms with Crippen LogP contribution in [0.5, 0.6) is 0 Å². The first-order valence-corrected chi connectivity index (χ1v) is 4.35. The van der Waals surface area contributed by atoms with Gasteiger partial charge in [0.15, 0.2) is 5.11 Å². The number of hydrogen-bond donors (Lipinski definition) is 2. The molecule has 0 aliphatic heterocycles. The second kappa shape index (κ2) is 4.39. The van der Waals surface area contributed by atoms with Crippen LogP contribution >= 0.6 is 23.8 Å². The number of hydrogen-bond acceptors (Lipinski definition) is 1. The van der Waals surface area contributed by atoms with Gasteiger partial charge in [0, 0.05) is 11.6 Å². The predicted octanol–water partition coefficient (Wildman–Crippen LogP) is 1.81. The molecule has 0 saturated heterocycles. The number of halogens is 2. The summed E-state index contributed by atoms with van der Waals surface area (Å²) in [6, 6.07) is 4.17. The standard InChI is InChI=1S/C8H8ClFN2S/c9-7-3-6(10)2-1-5(7)4-12-8(11)13/h1-3H,4H2,(H3,11,12,13). The Bertz CT molecular complexity index is 330. The second-order valence-corrected chi connectivity index (χ2v) is 3.30. The number of nitrogens with one attached hydrogen (secondary N) is 1. The first-order chi connectivity index (χ1) is 6.09. The first-order valence-electron chi connectivity index (χ1n) is 3.57. The highest BCUT2D eigenvalue weighted by Gasteiger charge is 2.01. The molecule has 0 spiro atoms. The van der Waals surface area contributed by atoms with Gasteiger partial charge in [-0.05, 0) is 29.9 Å². The van der Waals surface area contributed by atoms with Crippen LogP contribution in [0.1, 0.15) is 5.56 Å². The lowest BCUT2D eigenvalue weighted by Crippen LogP contribution is -2.28. The van der Waals surface area contributed by atoms with E-state index in [1.54, 1.807) is 6.07 Å². The van der Waals surface area contributed by atoms with E-state index in [0.29, 0.717) is 11.6 Å². The Morgan fingerprint density at radius 2 is 2.31 bits per heavy atom. The summed E-state index contributed by atoms with van der Waals surface area (Å²) in [7, 11) is 0. The number of benzene rings is 1. The summed E-state index contributed by atoms with van der Waals surface area (Å²) in [5.41, 5.74) is 5.98. The van der Waals surface area contributed by atoms with Gasteiger partial charge in [-0.3, -0.25) is 0 Å². The van der Waals surface area contributed by atoms with Crippen molar-refractivity contribution < 1.29 is 4.39 Å². The molecule has 5 heteroatoms. The summed E-state index contributed by atoms with van der Waals surface area (Å²) in [5.74, 6) is -0.357. The molecule has 0 unspecified atom stereocenters. The molecule has 0 aliphatic rings. The largest absolute Gasteiger partial charge is 0.376 e. The molecule has 0 aromatic heterocycles. The molecule has 0 fully saturated rings. The topological polar surface area (TPSA) is 38.0 Å². The van der Waals surface area contributed by atoms with Crippen molar-refractivity contribution in [3.05, 3.63) is 34.6 Å². The fourth-order valence-electron chi connectivity index (χ4n) is 0.847. The van der Waals surface area contributed by atoms with Crippen molar-refractivity contribution in [3.8, 4) is 0 Å². The average molecular weight is 219 g/mol. The molecule has 0 saturated carbocycles. The van der Waals surface area contributed by atoms with E-state index in [9.17, 15) is 4.39 Å². The summed E-state index contributed by atoms with van der Waals surface area (Å²) in [4.78, 5) is 0. The minimum absolute atomic E-state index is 0.195. The fourth-order valence-corrected chi connectivity index (χ4v) is 1.15. The van der Waals surface area contributed by atoms with Crippen LogP contribution in [0.3, 0.4) is 0 Å². The van der Waals surface area contributed by atoms with E-state index in [1.165, 1.54) is 12.1 Å². The zero-order valence-electron chi connectivity index (χ0n) is 6.68. The van der Waals surface area contributed by atoms with Gasteiger partial charge in [0.25, 0.3) is 0 Å². The highest BCUT2D eigenvalue weighted by Crippen LogP contribution is 2.16. The summed E-state index contributed by atoms with van der Waals surface area (Å²) in [6.07, 6.45) is 0. The van der Waals surface area contributed by atoms with E-state index in [4.69, 9.17) is 17.3 Å². The van der Waals surface area contributed by atoms with Gasteiger partial charge >= 0.3 is 0 Å². The Hall–Kier alpha value is -0.870. The number of nitrogens with two attached hydrogens (primary N) is 1. The average Bonchev–Trinajstić information content (AvgIpc) is 2.02. The van der Waals surface area contributed by atoms with Crippen LogP contribution in [0.25, 0.3) is 0 Å². The molecule has 0 amide bonds. The van der Waals surface area contributed by atoms with E-state index in [-0.39, 0.29) is 10.9 Å². The van der Waals surface area contributed by atoms with Crippen LogP contribution in [0.2, 0.25) is 5.02 Å². The first kappa shape index (κ1) is 10.2. The molecule has 0 atom stereocenters. The van der Waals surface area contributed by atoms with E-state index < -0.39 is 0 Å². The van der Waals surface area contributed by atoms with E-state index in [2.05, 4.69) is 17.5 Å². The normalized spacial score (nSPS) is 9.69. The third-order valence-corrected chi connectivity index (χ3v) is 1.96. The van der Waals surface area contributed by atoms with Crippen molar-refractivity contribution in [1.82, 2.24) is 5.32 Å². The summed E-state index contributed by atoms with van der Waals surface area (Å²) < 4.78 is 12.6. The Balaban J connectivity index is 2.72. The fraction of sp³-hybridized carbons (Fsp3) is 0.125. The third kappa shape index (κ3) is 3.16. The lowest BCUT2D eigenvalue weighted by molar-refractivity contribution is 0.627. The summed E-state index contributed by atoms with van der Waals surface area (Å²) >= 11 is 10.4. The van der Waals surface area contributed by atoms with Gasteiger partial charge in [-0.15, -0.1) is 0 Å². The van der Waals surface area contributed by atoms with Crippen LogP contribution in [0, 0.1) is 5.82 Å². The minimum atomic E-state index is -0.357. The lowest BCUT2D eigenvalue weighted by Gasteiger charge is -2.05. The SMILES string of the molecule is NC(=S)NCc1ccc(F)cc1Cl. The molecule has 0 heterocycles. The molecular formula is C8H8ClFN2S. The zero-order chi connectivity index (χ0) is 9.84. The summed E-state index contributed by atoms with van der Waals surface area (Å²) in [6.45, 7) is 0.411. The Labute approximate surface area is 85.9 Å². The van der Waals surface area contributed by atoms with Crippen LogP contribution in [-0.2, 0) is 6.54 Å². The smallest absolute Gasteiger partial charge is 0.163 e. The Morgan fingerprint density at radius 1 is 1.62 bits per heavy atom. The molecule has 1 aromatic rings. The number of rotatable bonds is 2. The molecule has 1 aromatic carbocycles. The van der Waals surface area contributed by atoms with Gasteiger partial charge in [0.1, 0.15) is 5.82 Å². The molecule has 0 bridgehead atoms. The number of thiocarbonyl (C=S) groups is 1. The molecule has 0 radical (unpaired) electrons. The maximum atomic E-state index is 12.6. The molecule has 0 aliphatic carbocycles. The third-order valence-electron chi connectivity index (χ3n) is 1.47. The molecule has 70 valence electrons. The quantitative estimate of drug-likeness (QED) is 0.744.